The summed E-state index contributed by atoms with van der Waals surface area (Å²) in [4.78, 5) is 0. The Bertz CT molecular complexity index is 329. The van der Waals surface area contributed by atoms with E-state index < -0.39 is 7.38 Å². The zero-order valence-electron chi connectivity index (χ0n) is 9.56. The Balaban J connectivity index is 0. The molecule has 2 rings (SSSR count). The van der Waals surface area contributed by atoms with Gasteiger partial charge in [0.2, 0.25) is 0 Å². The van der Waals surface area contributed by atoms with Crippen molar-refractivity contribution in [3.05, 3.63) is 46.8 Å². The molecular weight excluding hydrogens is 370 g/mol. The van der Waals surface area contributed by atoms with Gasteiger partial charge in [0.05, 0.1) is 0 Å². The summed E-state index contributed by atoms with van der Waals surface area (Å²) in [5.41, 5.74) is 0. The van der Waals surface area contributed by atoms with E-state index in [0.717, 1.165) is 18.9 Å². The van der Waals surface area contributed by atoms with Crippen LogP contribution in [0.1, 0.15) is 19.8 Å². The minimum Gasteiger partial charge on any atom is -1.00 e. The Kier molecular flexibility index (Phi) is 10.6. The predicted octanol–water partition coefficient (Wildman–Crippen LogP) is -2.35. The zero-order chi connectivity index (χ0) is 10.0. The van der Waals surface area contributed by atoms with E-state index in [1.54, 1.807) is 0 Å². The smallest absolute Gasteiger partial charge is 1.00 e. The molecule has 0 aromatic rings. The van der Waals surface area contributed by atoms with Crippen LogP contribution in [0, 0.1) is 12.2 Å². The van der Waals surface area contributed by atoms with E-state index >= 15 is 0 Å². The van der Waals surface area contributed by atoms with Crippen LogP contribution in [-0.2, 0) is 26.2 Å². The Hall–Kier alpha value is 0.930. The van der Waals surface area contributed by atoms with Crippen molar-refractivity contribution >= 4 is 18.5 Å². The number of allylic oxidation sites excluding steroid dienone is 8. The second kappa shape index (κ2) is 8.93. The van der Waals surface area contributed by atoms with Gasteiger partial charge in [-0.25, -0.2) is 22.5 Å². The Morgan fingerprint density at radius 2 is 1.53 bits per heavy atom. The fourth-order valence-electron chi connectivity index (χ4n) is 1.88. The van der Waals surface area contributed by atoms with Gasteiger partial charge in [-0.05, 0) is 6.04 Å². The Morgan fingerprint density at radius 1 is 1.12 bits per heavy atom. The maximum absolute atomic E-state index is 6.77. The molecule has 0 unspecified atom stereocenters. The summed E-state index contributed by atoms with van der Waals surface area (Å²) in [6.07, 6.45) is 17.1. The van der Waals surface area contributed by atoms with Crippen LogP contribution < -0.4 is 24.8 Å². The maximum Gasteiger partial charge on any atom is 4.00 e. The van der Waals surface area contributed by atoms with Crippen molar-refractivity contribution in [3.63, 3.8) is 0 Å². The molecule has 0 amide bonds. The number of hydrogen-bond donors (Lipinski definition) is 0. The van der Waals surface area contributed by atoms with E-state index in [4.69, 9.17) is 11.1 Å². The molecule has 2 aliphatic rings. The summed E-state index contributed by atoms with van der Waals surface area (Å²) in [5.74, 6) is 0. The molecule has 90 valence electrons. The van der Waals surface area contributed by atoms with Crippen LogP contribution in [-0.4, -0.2) is 7.38 Å². The molecule has 0 fully saturated rings. The van der Waals surface area contributed by atoms with Gasteiger partial charge in [-0.2, -0.15) is 23.2 Å². The maximum atomic E-state index is 6.77. The number of rotatable bonds is 3. The van der Waals surface area contributed by atoms with Crippen LogP contribution in [0.15, 0.2) is 34.7 Å². The second-order valence-electron chi connectivity index (χ2n) is 3.55. The molecule has 0 bridgehead atoms. The number of halogens is 3. The van der Waals surface area contributed by atoms with Gasteiger partial charge in [-0.3, -0.25) is 12.2 Å². The molecule has 0 radical (unpaired) electrons. The van der Waals surface area contributed by atoms with Gasteiger partial charge in [0, 0.05) is 0 Å². The van der Waals surface area contributed by atoms with Gasteiger partial charge in [0.25, 0.3) is 0 Å². The molecular formula is C12H13Cl3SiZr. The summed E-state index contributed by atoms with van der Waals surface area (Å²) in [5, 5.41) is 2.49. The van der Waals surface area contributed by atoms with Gasteiger partial charge in [0.1, 0.15) is 7.38 Å². The molecule has 0 heterocycles. The Morgan fingerprint density at radius 3 is 1.76 bits per heavy atom. The minimum absolute atomic E-state index is 0. The second-order valence-corrected chi connectivity index (χ2v) is 8.87. The third-order valence-electron chi connectivity index (χ3n) is 2.73. The van der Waals surface area contributed by atoms with E-state index in [9.17, 15) is 0 Å². The van der Waals surface area contributed by atoms with Crippen molar-refractivity contribution < 1.29 is 51.0 Å². The largest absolute Gasteiger partial charge is 4.00 e. The number of hydrogen-bond acceptors (Lipinski definition) is 0. The van der Waals surface area contributed by atoms with Crippen molar-refractivity contribution in [1.29, 1.82) is 0 Å². The summed E-state index contributed by atoms with van der Waals surface area (Å²) < 4.78 is 0. The van der Waals surface area contributed by atoms with Crippen molar-refractivity contribution in [1.82, 2.24) is 0 Å². The van der Waals surface area contributed by atoms with Crippen LogP contribution in [0.2, 0.25) is 6.04 Å². The SMILES string of the molecule is CC[Si](Cl)(C1=[C-]CC=C1)C1=[C-]CC=C1.[Cl-].[Cl-].[Zr+4]. The standard InChI is InChI=1S/C12H13ClSi.2ClH.Zr/c1-2-14(13,11-7-3-4-8-11)12-9-5-6-10-12;;;/h3,5,7,9H,2,4,6H2,1H3;2*1H;/q-2;;;+4/p-2. The van der Waals surface area contributed by atoms with Gasteiger partial charge in [-0.15, -0.1) is 12.8 Å². The average Bonchev–Trinajstić information content (AvgIpc) is 2.88. The average molecular weight is 383 g/mol. The molecule has 2 aliphatic carbocycles. The fraction of sp³-hybridized carbons (Fsp3) is 0.333. The van der Waals surface area contributed by atoms with Crippen molar-refractivity contribution in [2.24, 2.45) is 0 Å². The molecule has 0 nitrogen and oxygen atoms in total. The summed E-state index contributed by atoms with van der Waals surface area (Å²) in [7, 11) is -1.95. The van der Waals surface area contributed by atoms with E-state index in [-0.39, 0.29) is 51.0 Å². The molecule has 17 heavy (non-hydrogen) atoms. The molecule has 0 spiro atoms. The summed E-state index contributed by atoms with van der Waals surface area (Å²) in [6, 6.07) is 1.02. The predicted molar refractivity (Wildman–Crippen MR) is 63.1 cm³/mol. The normalized spacial score (nSPS) is 16.6. The first-order valence-corrected chi connectivity index (χ1v) is 8.24. The molecule has 5 heteroatoms. The third kappa shape index (κ3) is 4.21. The van der Waals surface area contributed by atoms with E-state index in [0.29, 0.717) is 0 Å². The van der Waals surface area contributed by atoms with Crippen LogP contribution in [0.25, 0.3) is 0 Å². The van der Waals surface area contributed by atoms with E-state index in [1.165, 1.54) is 10.4 Å². The molecule has 0 saturated carbocycles. The van der Waals surface area contributed by atoms with Crippen LogP contribution in [0.3, 0.4) is 0 Å². The van der Waals surface area contributed by atoms with Gasteiger partial charge in [0.15, 0.2) is 0 Å². The van der Waals surface area contributed by atoms with Crippen LogP contribution in [0.4, 0.5) is 0 Å². The first kappa shape index (κ1) is 20.3. The van der Waals surface area contributed by atoms with E-state index in [1.807, 2.05) is 0 Å². The molecule has 0 aromatic carbocycles. The summed E-state index contributed by atoms with van der Waals surface area (Å²) in [6.45, 7) is 2.17. The van der Waals surface area contributed by atoms with Crippen molar-refractivity contribution in [2.75, 3.05) is 0 Å². The molecule has 0 N–H and O–H groups in total. The van der Waals surface area contributed by atoms with E-state index in [2.05, 4.69) is 43.4 Å². The quantitative estimate of drug-likeness (QED) is 0.291. The molecule has 0 aromatic heterocycles. The minimum atomic E-state index is -1.95. The van der Waals surface area contributed by atoms with Gasteiger partial charge >= 0.3 is 26.2 Å². The summed E-state index contributed by atoms with van der Waals surface area (Å²) >= 11 is 6.77. The van der Waals surface area contributed by atoms with Crippen LogP contribution in [0.5, 0.6) is 0 Å². The van der Waals surface area contributed by atoms with Gasteiger partial charge in [-0.1, -0.05) is 6.92 Å². The first-order chi connectivity index (χ1) is 6.77. The zero-order valence-corrected chi connectivity index (χ0v) is 15.3. The van der Waals surface area contributed by atoms with Crippen molar-refractivity contribution in [2.45, 2.75) is 25.8 Å². The molecule has 0 aliphatic heterocycles. The molecule has 0 atom stereocenters. The van der Waals surface area contributed by atoms with Crippen molar-refractivity contribution in [3.8, 4) is 0 Å². The first-order valence-electron chi connectivity index (χ1n) is 5.02. The topological polar surface area (TPSA) is 0 Å². The fourth-order valence-corrected chi connectivity index (χ4v) is 5.24. The Labute approximate surface area is 141 Å². The van der Waals surface area contributed by atoms with Crippen LogP contribution >= 0.6 is 11.1 Å². The third-order valence-corrected chi connectivity index (χ3v) is 8.12. The monoisotopic (exact) mass is 380 g/mol. The van der Waals surface area contributed by atoms with Gasteiger partial charge < -0.3 is 24.8 Å². The molecule has 0 saturated heterocycles.